The summed E-state index contributed by atoms with van der Waals surface area (Å²) in [5.74, 6) is 1.23. The third-order valence-corrected chi connectivity index (χ3v) is 4.13. The Kier molecular flexibility index (Phi) is 4.75. The van der Waals surface area contributed by atoms with E-state index in [0.717, 1.165) is 43.9 Å². The van der Waals surface area contributed by atoms with Gasteiger partial charge in [0.15, 0.2) is 0 Å². The lowest BCUT2D eigenvalue weighted by atomic mass is 9.93. The number of carbonyl (C=O) groups excluding carboxylic acids is 1. The maximum atomic E-state index is 12.5. The predicted molar refractivity (Wildman–Crippen MR) is 85.9 cm³/mol. The minimum Gasteiger partial charge on any atom is -0.372 e. The summed E-state index contributed by atoms with van der Waals surface area (Å²) < 4.78 is 0. The molecule has 1 atom stereocenters. The van der Waals surface area contributed by atoms with Crippen LogP contribution in [0.15, 0.2) is 30.9 Å². The SMILES string of the molecule is CNc1nccnc1C[C@H]1CCCN(C(=O)c2ccnnc2)C1. The van der Waals surface area contributed by atoms with Crippen LogP contribution in [0.3, 0.4) is 0 Å². The minimum absolute atomic E-state index is 0.0255. The molecule has 7 heteroatoms. The number of nitrogens with zero attached hydrogens (tertiary/aromatic N) is 5. The zero-order chi connectivity index (χ0) is 16.1. The van der Waals surface area contributed by atoms with Gasteiger partial charge in [0.05, 0.1) is 23.7 Å². The molecule has 1 aliphatic heterocycles. The van der Waals surface area contributed by atoms with Gasteiger partial charge in [-0.05, 0) is 31.2 Å². The van der Waals surface area contributed by atoms with E-state index >= 15 is 0 Å². The first-order chi connectivity index (χ1) is 11.3. The van der Waals surface area contributed by atoms with E-state index in [0.29, 0.717) is 11.5 Å². The predicted octanol–water partition coefficient (Wildman–Crippen LogP) is 1.40. The van der Waals surface area contributed by atoms with Crippen molar-refractivity contribution in [3.8, 4) is 0 Å². The number of rotatable bonds is 4. The maximum absolute atomic E-state index is 12.5. The average Bonchev–Trinajstić information content (AvgIpc) is 2.62. The summed E-state index contributed by atoms with van der Waals surface area (Å²) in [7, 11) is 1.85. The largest absolute Gasteiger partial charge is 0.372 e. The van der Waals surface area contributed by atoms with E-state index in [2.05, 4.69) is 25.5 Å². The van der Waals surface area contributed by atoms with Crippen molar-refractivity contribution in [2.24, 2.45) is 5.92 Å². The van der Waals surface area contributed by atoms with E-state index in [1.807, 2.05) is 11.9 Å². The molecular formula is C16H20N6O. The average molecular weight is 312 g/mol. The standard InChI is InChI=1S/C16H20N6O/c1-17-15-14(18-6-7-19-15)9-12-3-2-8-22(11-12)16(23)13-4-5-20-21-10-13/h4-7,10,12H,2-3,8-9,11H2,1H3,(H,17,19)/t12-/m1/s1. The number of hydrogen-bond donors (Lipinski definition) is 1. The van der Waals surface area contributed by atoms with Gasteiger partial charge in [0.1, 0.15) is 5.82 Å². The highest BCUT2D eigenvalue weighted by Crippen LogP contribution is 2.23. The molecule has 120 valence electrons. The third kappa shape index (κ3) is 3.61. The van der Waals surface area contributed by atoms with Crippen molar-refractivity contribution in [3.63, 3.8) is 0 Å². The monoisotopic (exact) mass is 312 g/mol. The number of likely N-dealkylation sites (tertiary alicyclic amines) is 1. The Hall–Kier alpha value is -2.57. The summed E-state index contributed by atoms with van der Waals surface area (Å²) in [6.07, 6.45) is 9.39. The van der Waals surface area contributed by atoms with Gasteiger partial charge in [0, 0.05) is 32.5 Å². The number of nitrogens with one attached hydrogen (secondary N) is 1. The molecule has 1 N–H and O–H groups in total. The van der Waals surface area contributed by atoms with Gasteiger partial charge in [-0.15, -0.1) is 0 Å². The molecule has 1 fully saturated rings. The fourth-order valence-electron chi connectivity index (χ4n) is 3.01. The fourth-order valence-corrected chi connectivity index (χ4v) is 3.01. The Morgan fingerprint density at radius 1 is 1.30 bits per heavy atom. The molecule has 0 aliphatic carbocycles. The number of hydrogen-bond acceptors (Lipinski definition) is 6. The molecule has 1 amide bonds. The Balaban J connectivity index is 1.68. The van der Waals surface area contributed by atoms with Gasteiger partial charge in [-0.2, -0.15) is 10.2 Å². The number of piperidine rings is 1. The zero-order valence-corrected chi connectivity index (χ0v) is 13.1. The topological polar surface area (TPSA) is 83.9 Å². The first kappa shape index (κ1) is 15.3. The third-order valence-electron chi connectivity index (χ3n) is 4.13. The van der Waals surface area contributed by atoms with Crippen LogP contribution in [0.1, 0.15) is 28.9 Å². The molecule has 2 aromatic heterocycles. The van der Waals surface area contributed by atoms with E-state index in [1.54, 1.807) is 24.7 Å². The van der Waals surface area contributed by atoms with Crippen LogP contribution in [-0.4, -0.2) is 51.1 Å². The van der Waals surface area contributed by atoms with Crippen molar-refractivity contribution in [2.75, 3.05) is 25.5 Å². The van der Waals surface area contributed by atoms with Gasteiger partial charge in [0.2, 0.25) is 0 Å². The van der Waals surface area contributed by atoms with Crippen LogP contribution in [0, 0.1) is 5.92 Å². The van der Waals surface area contributed by atoms with Crippen molar-refractivity contribution < 1.29 is 4.79 Å². The van der Waals surface area contributed by atoms with Crippen molar-refractivity contribution in [1.82, 2.24) is 25.1 Å². The van der Waals surface area contributed by atoms with Crippen molar-refractivity contribution in [2.45, 2.75) is 19.3 Å². The fraction of sp³-hybridized carbons (Fsp3) is 0.438. The van der Waals surface area contributed by atoms with Crippen molar-refractivity contribution in [3.05, 3.63) is 42.1 Å². The normalized spacial score (nSPS) is 17.8. The molecule has 1 aliphatic rings. The van der Waals surface area contributed by atoms with Crippen LogP contribution in [-0.2, 0) is 6.42 Å². The second kappa shape index (κ2) is 7.13. The molecule has 0 aromatic carbocycles. The molecule has 3 rings (SSSR count). The van der Waals surface area contributed by atoms with Crippen LogP contribution < -0.4 is 5.32 Å². The molecule has 2 aromatic rings. The van der Waals surface area contributed by atoms with E-state index in [-0.39, 0.29) is 5.91 Å². The molecule has 0 unspecified atom stereocenters. The van der Waals surface area contributed by atoms with Gasteiger partial charge >= 0.3 is 0 Å². The van der Waals surface area contributed by atoms with Crippen LogP contribution in [0.5, 0.6) is 0 Å². The van der Waals surface area contributed by atoms with Gasteiger partial charge in [-0.25, -0.2) is 4.98 Å². The molecule has 0 saturated carbocycles. The van der Waals surface area contributed by atoms with Gasteiger partial charge in [-0.1, -0.05) is 0 Å². The highest BCUT2D eigenvalue weighted by Gasteiger charge is 2.25. The maximum Gasteiger partial charge on any atom is 0.255 e. The number of amides is 1. The van der Waals surface area contributed by atoms with Gasteiger partial charge < -0.3 is 10.2 Å². The lowest BCUT2D eigenvalue weighted by Gasteiger charge is -2.32. The quantitative estimate of drug-likeness (QED) is 0.919. The summed E-state index contributed by atoms with van der Waals surface area (Å²) in [4.78, 5) is 23.2. The number of carbonyl (C=O) groups is 1. The van der Waals surface area contributed by atoms with Crippen LogP contribution in [0.25, 0.3) is 0 Å². The highest BCUT2D eigenvalue weighted by atomic mass is 16.2. The van der Waals surface area contributed by atoms with Gasteiger partial charge in [-0.3, -0.25) is 9.78 Å². The van der Waals surface area contributed by atoms with Crippen LogP contribution in [0.4, 0.5) is 5.82 Å². The second-order valence-electron chi connectivity index (χ2n) is 5.70. The van der Waals surface area contributed by atoms with Crippen LogP contribution >= 0.6 is 0 Å². The first-order valence-electron chi connectivity index (χ1n) is 7.81. The first-order valence-corrected chi connectivity index (χ1v) is 7.81. The molecule has 0 spiro atoms. The molecule has 0 bridgehead atoms. The second-order valence-corrected chi connectivity index (χ2v) is 5.70. The molecule has 7 nitrogen and oxygen atoms in total. The molecule has 3 heterocycles. The molecule has 0 radical (unpaired) electrons. The number of aromatic nitrogens is 4. The Morgan fingerprint density at radius 3 is 2.96 bits per heavy atom. The van der Waals surface area contributed by atoms with Crippen molar-refractivity contribution in [1.29, 1.82) is 0 Å². The van der Waals surface area contributed by atoms with Crippen LogP contribution in [0.2, 0.25) is 0 Å². The summed E-state index contributed by atoms with van der Waals surface area (Å²) in [5, 5.41) is 10.6. The van der Waals surface area contributed by atoms with E-state index in [4.69, 9.17) is 0 Å². The van der Waals surface area contributed by atoms with E-state index in [9.17, 15) is 4.79 Å². The Labute approximate surface area is 135 Å². The molecule has 23 heavy (non-hydrogen) atoms. The smallest absolute Gasteiger partial charge is 0.255 e. The Morgan fingerprint density at radius 2 is 2.17 bits per heavy atom. The molecule has 1 saturated heterocycles. The molecular weight excluding hydrogens is 292 g/mol. The van der Waals surface area contributed by atoms with Gasteiger partial charge in [0.25, 0.3) is 5.91 Å². The summed E-state index contributed by atoms with van der Waals surface area (Å²) in [6, 6.07) is 1.71. The minimum atomic E-state index is 0.0255. The van der Waals surface area contributed by atoms with Crippen molar-refractivity contribution >= 4 is 11.7 Å². The summed E-state index contributed by atoms with van der Waals surface area (Å²) in [6.45, 7) is 1.53. The zero-order valence-electron chi connectivity index (χ0n) is 13.1. The lowest BCUT2D eigenvalue weighted by Crippen LogP contribution is -2.40. The summed E-state index contributed by atoms with van der Waals surface area (Å²) in [5.41, 5.74) is 1.55. The lowest BCUT2D eigenvalue weighted by molar-refractivity contribution is 0.0672. The summed E-state index contributed by atoms with van der Waals surface area (Å²) >= 11 is 0. The van der Waals surface area contributed by atoms with E-state index < -0.39 is 0 Å². The number of anilines is 1. The Bertz CT molecular complexity index is 663. The van der Waals surface area contributed by atoms with E-state index in [1.165, 1.54) is 6.20 Å². The highest BCUT2D eigenvalue weighted by molar-refractivity contribution is 5.93.